The second-order valence-electron chi connectivity index (χ2n) is 4.97. The maximum atomic E-state index is 3.67. The van der Waals surface area contributed by atoms with Gasteiger partial charge in [-0.3, -0.25) is 0 Å². The molecule has 0 aliphatic carbocycles. The lowest BCUT2D eigenvalue weighted by atomic mass is 9.86. The fourth-order valence-electron chi connectivity index (χ4n) is 2.61. The molecule has 0 heterocycles. The molecule has 17 heavy (non-hydrogen) atoms. The number of hydrogen-bond acceptors (Lipinski definition) is 1. The van der Waals surface area contributed by atoms with E-state index in [1.165, 1.54) is 29.5 Å². The normalized spacial score (nSPS) is 13.1. The molecule has 0 aromatic heterocycles. The van der Waals surface area contributed by atoms with Crippen LogP contribution >= 0.6 is 0 Å². The highest BCUT2D eigenvalue weighted by atomic mass is 14.9. The first kappa shape index (κ1) is 14.2. The topological polar surface area (TPSA) is 12.0 Å². The molecule has 0 aliphatic heterocycles. The van der Waals surface area contributed by atoms with Crippen LogP contribution in [0.2, 0.25) is 0 Å². The van der Waals surface area contributed by atoms with Gasteiger partial charge in [0.2, 0.25) is 0 Å². The quantitative estimate of drug-likeness (QED) is 0.768. The molecule has 96 valence electrons. The van der Waals surface area contributed by atoms with Gasteiger partial charge < -0.3 is 5.32 Å². The minimum Gasteiger partial charge on any atom is -0.310 e. The molecular weight excluding hydrogens is 206 g/mol. The monoisotopic (exact) mass is 233 g/mol. The second-order valence-corrected chi connectivity index (χ2v) is 4.97. The third-order valence-corrected chi connectivity index (χ3v) is 3.71. The highest BCUT2D eigenvalue weighted by Crippen LogP contribution is 2.30. The van der Waals surface area contributed by atoms with E-state index in [1.807, 2.05) is 0 Å². The first-order valence-corrected chi connectivity index (χ1v) is 6.94. The third-order valence-electron chi connectivity index (χ3n) is 3.71. The van der Waals surface area contributed by atoms with Crippen molar-refractivity contribution in [2.75, 3.05) is 6.54 Å². The van der Waals surface area contributed by atoms with Crippen LogP contribution in [0.5, 0.6) is 0 Å². The second kappa shape index (κ2) is 6.80. The highest BCUT2D eigenvalue weighted by molar-refractivity contribution is 5.33. The van der Waals surface area contributed by atoms with Crippen molar-refractivity contribution < 1.29 is 0 Å². The van der Waals surface area contributed by atoms with Crippen LogP contribution in [0.4, 0.5) is 0 Å². The maximum absolute atomic E-state index is 3.67. The van der Waals surface area contributed by atoms with E-state index in [2.05, 4.69) is 58.1 Å². The molecule has 0 bridgehead atoms. The van der Waals surface area contributed by atoms with Gasteiger partial charge in [-0.2, -0.15) is 0 Å². The Morgan fingerprint density at radius 2 is 1.71 bits per heavy atom. The van der Waals surface area contributed by atoms with E-state index in [-0.39, 0.29) is 0 Å². The van der Waals surface area contributed by atoms with Crippen LogP contribution in [-0.2, 0) is 0 Å². The number of nitrogens with one attached hydrogen (secondary N) is 1. The zero-order valence-electron chi connectivity index (χ0n) is 12.0. The lowest BCUT2D eigenvalue weighted by Gasteiger charge is -2.28. The molecule has 1 unspecified atom stereocenters. The van der Waals surface area contributed by atoms with E-state index in [0.29, 0.717) is 6.04 Å². The molecule has 0 saturated heterocycles. The van der Waals surface area contributed by atoms with E-state index in [9.17, 15) is 0 Å². The Kier molecular flexibility index (Phi) is 5.70. The van der Waals surface area contributed by atoms with Gasteiger partial charge in [-0.15, -0.1) is 0 Å². The van der Waals surface area contributed by atoms with E-state index in [4.69, 9.17) is 0 Å². The summed E-state index contributed by atoms with van der Waals surface area (Å²) >= 11 is 0. The fourth-order valence-corrected chi connectivity index (χ4v) is 2.61. The summed E-state index contributed by atoms with van der Waals surface area (Å²) in [5, 5.41) is 3.67. The van der Waals surface area contributed by atoms with E-state index >= 15 is 0 Å². The molecule has 1 atom stereocenters. The minimum atomic E-state index is 0.509. The van der Waals surface area contributed by atoms with Crippen LogP contribution in [0, 0.1) is 19.8 Å². The Hall–Kier alpha value is -0.820. The molecule has 1 heteroatoms. The van der Waals surface area contributed by atoms with Gasteiger partial charge in [-0.1, -0.05) is 57.4 Å². The number of aryl methyl sites for hydroxylation is 2. The predicted molar refractivity (Wildman–Crippen MR) is 76.4 cm³/mol. The van der Waals surface area contributed by atoms with Crippen molar-refractivity contribution in [2.45, 2.75) is 53.5 Å². The molecule has 0 spiro atoms. The van der Waals surface area contributed by atoms with Gasteiger partial charge in [0, 0.05) is 6.04 Å². The van der Waals surface area contributed by atoms with Crippen molar-refractivity contribution >= 4 is 0 Å². The molecule has 0 radical (unpaired) electrons. The smallest absolute Gasteiger partial charge is 0.0351 e. The third kappa shape index (κ3) is 3.57. The summed E-state index contributed by atoms with van der Waals surface area (Å²) in [6.07, 6.45) is 2.48. The lowest BCUT2D eigenvalue weighted by Crippen LogP contribution is -2.28. The SMILES string of the molecule is CCNC(c1cc(C)ccc1C)C(CC)CC. The Labute approximate surface area is 107 Å². The van der Waals surface area contributed by atoms with Crippen LogP contribution in [0.15, 0.2) is 18.2 Å². The Morgan fingerprint density at radius 1 is 1.06 bits per heavy atom. The van der Waals surface area contributed by atoms with E-state index < -0.39 is 0 Å². The van der Waals surface area contributed by atoms with Crippen molar-refractivity contribution in [3.8, 4) is 0 Å². The molecule has 1 nitrogen and oxygen atoms in total. The van der Waals surface area contributed by atoms with Gasteiger partial charge >= 0.3 is 0 Å². The summed E-state index contributed by atoms with van der Waals surface area (Å²) in [6, 6.07) is 7.31. The summed E-state index contributed by atoms with van der Waals surface area (Å²) in [4.78, 5) is 0. The molecule has 0 saturated carbocycles. The van der Waals surface area contributed by atoms with E-state index in [1.54, 1.807) is 0 Å². The fraction of sp³-hybridized carbons (Fsp3) is 0.625. The summed E-state index contributed by atoms with van der Waals surface area (Å²) in [6.45, 7) is 12.2. The number of benzene rings is 1. The van der Waals surface area contributed by atoms with Crippen LogP contribution in [-0.4, -0.2) is 6.54 Å². The molecule has 1 N–H and O–H groups in total. The molecule has 0 fully saturated rings. The molecule has 1 aromatic carbocycles. The molecule has 0 amide bonds. The molecule has 1 rings (SSSR count). The first-order chi connectivity index (χ1) is 8.13. The average Bonchev–Trinajstić information content (AvgIpc) is 2.33. The van der Waals surface area contributed by atoms with Crippen LogP contribution in [0.25, 0.3) is 0 Å². The molecular formula is C16H27N. The Balaban J connectivity index is 3.07. The van der Waals surface area contributed by atoms with Crippen molar-refractivity contribution in [1.82, 2.24) is 5.32 Å². The van der Waals surface area contributed by atoms with Gasteiger partial charge in [-0.25, -0.2) is 0 Å². The molecule has 1 aromatic rings. The predicted octanol–water partition coefficient (Wildman–Crippen LogP) is 4.39. The summed E-state index contributed by atoms with van der Waals surface area (Å²) < 4.78 is 0. The minimum absolute atomic E-state index is 0.509. The van der Waals surface area contributed by atoms with Gasteiger partial charge in [0.1, 0.15) is 0 Å². The van der Waals surface area contributed by atoms with E-state index in [0.717, 1.165) is 12.5 Å². The highest BCUT2D eigenvalue weighted by Gasteiger charge is 2.20. The van der Waals surface area contributed by atoms with Crippen LogP contribution in [0.1, 0.15) is 56.3 Å². The summed E-state index contributed by atoms with van der Waals surface area (Å²) in [5.74, 6) is 0.732. The summed E-state index contributed by atoms with van der Waals surface area (Å²) in [5.41, 5.74) is 4.26. The standard InChI is InChI=1S/C16H27N/c1-6-14(7-2)16(17-8-3)15-11-12(4)9-10-13(15)5/h9-11,14,16-17H,6-8H2,1-5H3. The summed E-state index contributed by atoms with van der Waals surface area (Å²) in [7, 11) is 0. The van der Waals surface area contributed by atoms with Crippen LogP contribution in [0.3, 0.4) is 0 Å². The van der Waals surface area contributed by atoms with Crippen molar-refractivity contribution in [3.05, 3.63) is 34.9 Å². The van der Waals surface area contributed by atoms with Gasteiger partial charge in [0.05, 0.1) is 0 Å². The average molecular weight is 233 g/mol. The Morgan fingerprint density at radius 3 is 2.24 bits per heavy atom. The molecule has 0 aliphatic rings. The van der Waals surface area contributed by atoms with Crippen LogP contribution < -0.4 is 5.32 Å². The number of hydrogen-bond donors (Lipinski definition) is 1. The number of rotatable bonds is 6. The maximum Gasteiger partial charge on any atom is 0.0351 e. The van der Waals surface area contributed by atoms with Gasteiger partial charge in [-0.05, 0) is 37.4 Å². The van der Waals surface area contributed by atoms with Crippen molar-refractivity contribution in [2.24, 2.45) is 5.92 Å². The van der Waals surface area contributed by atoms with Gasteiger partial charge in [0.25, 0.3) is 0 Å². The zero-order valence-corrected chi connectivity index (χ0v) is 12.0. The van der Waals surface area contributed by atoms with Crippen molar-refractivity contribution in [1.29, 1.82) is 0 Å². The largest absolute Gasteiger partial charge is 0.310 e. The van der Waals surface area contributed by atoms with Crippen molar-refractivity contribution in [3.63, 3.8) is 0 Å². The first-order valence-electron chi connectivity index (χ1n) is 6.94. The van der Waals surface area contributed by atoms with Gasteiger partial charge in [0.15, 0.2) is 0 Å². The lowest BCUT2D eigenvalue weighted by molar-refractivity contribution is 0.345. The Bertz CT molecular complexity index is 339. The zero-order chi connectivity index (χ0) is 12.8.